The summed E-state index contributed by atoms with van der Waals surface area (Å²) in [6, 6.07) is 5.62. The first kappa shape index (κ1) is 14.6. The second-order valence-corrected chi connectivity index (χ2v) is 5.40. The Balaban J connectivity index is 1.97. The van der Waals surface area contributed by atoms with Gasteiger partial charge in [-0.25, -0.2) is 0 Å². The lowest BCUT2D eigenvalue weighted by atomic mass is 10.0. The van der Waals surface area contributed by atoms with Crippen molar-refractivity contribution in [2.75, 3.05) is 13.1 Å². The summed E-state index contributed by atoms with van der Waals surface area (Å²) in [5.74, 6) is 6.52. The number of carbonyl (C=O) groups is 1. The van der Waals surface area contributed by atoms with Crippen LogP contribution in [0.1, 0.15) is 47.2 Å². The maximum Gasteiger partial charge on any atom is 0.251 e. The lowest BCUT2D eigenvalue weighted by Gasteiger charge is -2.11. The molecule has 1 aliphatic rings. The van der Waals surface area contributed by atoms with Crippen LogP contribution >= 0.6 is 0 Å². The molecule has 0 unspecified atom stereocenters. The highest BCUT2D eigenvalue weighted by atomic mass is 16.1. The minimum Gasteiger partial charge on any atom is -0.352 e. The van der Waals surface area contributed by atoms with Crippen LogP contribution in [0.15, 0.2) is 18.2 Å². The Kier molecular flexibility index (Phi) is 5.20. The van der Waals surface area contributed by atoms with Gasteiger partial charge in [-0.05, 0) is 49.4 Å². The van der Waals surface area contributed by atoms with Crippen LogP contribution in [0.2, 0.25) is 0 Å². The Hall–Kier alpha value is -1.79. The zero-order valence-electron chi connectivity index (χ0n) is 12.0. The summed E-state index contributed by atoms with van der Waals surface area (Å²) in [5.41, 5.74) is 8.02. The van der Waals surface area contributed by atoms with E-state index < -0.39 is 0 Å². The summed E-state index contributed by atoms with van der Waals surface area (Å²) in [7, 11) is 0. The Morgan fingerprint density at radius 3 is 2.80 bits per heavy atom. The fraction of sp³-hybridized carbons (Fsp3) is 0.471. The molecule has 3 nitrogen and oxygen atoms in total. The number of carbonyl (C=O) groups excluding carboxylic acids is 1. The van der Waals surface area contributed by atoms with E-state index in [9.17, 15) is 4.79 Å². The Morgan fingerprint density at radius 1 is 1.40 bits per heavy atom. The van der Waals surface area contributed by atoms with E-state index in [1.165, 1.54) is 25.7 Å². The second-order valence-electron chi connectivity index (χ2n) is 5.40. The van der Waals surface area contributed by atoms with Crippen molar-refractivity contribution in [3.05, 3.63) is 34.9 Å². The molecule has 1 aromatic carbocycles. The van der Waals surface area contributed by atoms with Gasteiger partial charge in [0, 0.05) is 17.7 Å². The number of amides is 1. The SMILES string of the molecule is Cc1cc(C(=O)NCC2CCCC2)ccc1C#CCN. The number of rotatable bonds is 3. The van der Waals surface area contributed by atoms with Gasteiger partial charge in [-0.3, -0.25) is 4.79 Å². The molecule has 0 heterocycles. The van der Waals surface area contributed by atoms with Crippen molar-refractivity contribution < 1.29 is 4.79 Å². The molecular weight excluding hydrogens is 248 g/mol. The van der Waals surface area contributed by atoms with Crippen molar-refractivity contribution in [1.29, 1.82) is 0 Å². The van der Waals surface area contributed by atoms with Crippen LogP contribution in [0, 0.1) is 24.7 Å². The average Bonchev–Trinajstić information content (AvgIpc) is 2.96. The van der Waals surface area contributed by atoms with E-state index in [2.05, 4.69) is 17.2 Å². The molecule has 1 fully saturated rings. The van der Waals surface area contributed by atoms with Crippen LogP contribution in [-0.4, -0.2) is 19.0 Å². The van der Waals surface area contributed by atoms with E-state index in [-0.39, 0.29) is 5.91 Å². The molecule has 1 amide bonds. The molecule has 3 heteroatoms. The van der Waals surface area contributed by atoms with Crippen molar-refractivity contribution in [2.45, 2.75) is 32.6 Å². The van der Waals surface area contributed by atoms with E-state index >= 15 is 0 Å². The van der Waals surface area contributed by atoms with Gasteiger partial charge >= 0.3 is 0 Å². The number of hydrogen-bond donors (Lipinski definition) is 2. The van der Waals surface area contributed by atoms with Crippen LogP contribution < -0.4 is 11.1 Å². The maximum atomic E-state index is 12.1. The minimum absolute atomic E-state index is 0.0123. The predicted molar refractivity (Wildman–Crippen MR) is 81.4 cm³/mol. The molecule has 1 aliphatic carbocycles. The number of nitrogens with two attached hydrogens (primary N) is 1. The Labute approximate surface area is 120 Å². The van der Waals surface area contributed by atoms with Crippen LogP contribution in [0.25, 0.3) is 0 Å². The van der Waals surface area contributed by atoms with Crippen LogP contribution in [0.3, 0.4) is 0 Å². The molecule has 0 radical (unpaired) electrons. The maximum absolute atomic E-state index is 12.1. The fourth-order valence-electron chi connectivity index (χ4n) is 2.65. The number of aryl methyl sites for hydroxylation is 1. The molecule has 1 aromatic rings. The number of hydrogen-bond acceptors (Lipinski definition) is 2. The third kappa shape index (κ3) is 3.85. The lowest BCUT2D eigenvalue weighted by molar-refractivity contribution is 0.0947. The van der Waals surface area contributed by atoms with Crippen molar-refractivity contribution in [3.63, 3.8) is 0 Å². The van der Waals surface area contributed by atoms with Gasteiger partial charge in [0.1, 0.15) is 0 Å². The fourth-order valence-corrected chi connectivity index (χ4v) is 2.65. The zero-order valence-corrected chi connectivity index (χ0v) is 12.0. The molecule has 3 N–H and O–H groups in total. The second kappa shape index (κ2) is 7.12. The standard InChI is InChI=1S/C17H22N2O/c1-13-11-16(9-8-15(13)7-4-10-18)17(20)19-12-14-5-2-3-6-14/h8-9,11,14H,2-3,5-6,10,12,18H2,1H3,(H,19,20). The lowest BCUT2D eigenvalue weighted by Crippen LogP contribution is -2.28. The quantitative estimate of drug-likeness (QED) is 0.828. The predicted octanol–water partition coefficient (Wildman–Crippen LogP) is 2.23. The van der Waals surface area contributed by atoms with Crippen molar-refractivity contribution in [3.8, 4) is 11.8 Å². The van der Waals surface area contributed by atoms with E-state index in [1.54, 1.807) is 0 Å². The highest BCUT2D eigenvalue weighted by Crippen LogP contribution is 2.23. The highest BCUT2D eigenvalue weighted by molar-refractivity contribution is 5.94. The monoisotopic (exact) mass is 270 g/mol. The van der Waals surface area contributed by atoms with Gasteiger partial charge in [0.05, 0.1) is 6.54 Å². The Bertz CT molecular complexity index is 534. The zero-order chi connectivity index (χ0) is 14.4. The summed E-state index contributed by atoms with van der Waals surface area (Å²) in [5, 5.41) is 3.04. The molecule has 0 aliphatic heterocycles. The molecule has 106 valence electrons. The van der Waals surface area contributed by atoms with Crippen LogP contribution in [0.5, 0.6) is 0 Å². The van der Waals surface area contributed by atoms with Gasteiger partial charge < -0.3 is 11.1 Å². The summed E-state index contributed by atoms with van der Waals surface area (Å²) in [4.78, 5) is 12.1. The van der Waals surface area contributed by atoms with Crippen LogP contribution in [0.4, 0.5) is 0 Å². The normalized spacial score (nSPS) is 14.7. The summed E-state index contributed by atoms with van der Waals surface area (Å²) in [6.07, 6.45) is 5.09. The first-order valence-electron chi connectivity index (χ1n) is 7.28. The van der Waals surface area contributed by atoms with Gasteiger partial charge in [-0.2, -0.15) is 0 Å². The van der Waals surface area contributed by atoms with E-state index in [0.29, 0.717) is 18.0 Å². The molecule has 0 saturated heterocycles. The van der Waals surface area contributed by atoms with Gasteiger partial charge in [-0.15, -0.1) is 0 Å². The smallest absolute Gasteiger partial charge is 0.251 e. The molecular formula is C17H22N2O. The highest BCUT2D eigenvalue weighted by Gasteiger charge is 2.16. The average molecular weight is 270 g/mol. The van der Waals surface area contributed by atoms with Gasteiger partial charge in [0.25, 0.3) is 5.91 Å². The molecule has 0 atom stereocenters. The third-order valence-electron chi connectivity index (χ3n) is 3.84. The summed E-state index contributed by atoms with van der Waals surface area (Å²) < 4.78 is 0. The molecule has 0 spiro atoms. The van der Waals surface area contributed by atoms with Crippen molar-refractivity contribution in [2.24, 2.45) is 11.7 Å². The van der Waals surface area contributed by atoms with Crippen LogP contribution in [-0.2, 0) is 0 Å². The van der Waals surface area contributed by atoms with E-state index in [1.807, 2.05) is 25.1 Å². The first-order valence-corrected chi connectivity index (χ1v) is 7.28. The van der Waals surface area contributed by atoms with Gasteiger partial charge in [0.15, 0.2) is 0 Å². The van der Waals surface area contributed by atoms with E-state index in [4.69, 9.17) is 5.73 Å². The number of nitrogens with one attached hydrogen (secondary N) is 1. The van der Waals surface area contributed by atoms with E-state index in [0.717, 1.165) is 17.7 Å². The van der Waals surface area contributed by atoms with Crippen molar-refractivity contribution >= 4 is 5.91 Å². The van der Waals surface area contributed by atoms with Gasteiger partial charge in [0.2, 0.25) is 0 Å². The molecule has 1 saturated carbocycles. The third-order valence-corrected chi connectivity index (χ3v) is 3.84. The first-order chi connectivity index (χ1) is 9.70. The minimum atomic E-state index is 0.0123. The number of benzene rings is 1. The molecule has 0 bridgehead atoms. The molecule has 2 rings (SSSR count). The summed E-state index contributed by atoms with van der Waals surface area (Å²) in [6.45, 7) is 3.12. The molecule has 20 heavy (non-hydrogen) atoms. The summed E-state index contributed by atoms with van der Waals surface area (Å²) >= 11 is 0. The Morgan fingerprint density at radius 2 is 2.15 bits per heavy atom. The van der Waals surface area contributed by atoms with Gasteiger partial charge in [-0.1, -0.05) is 24.7 Å². The topological polar surface area (TPSA) is 55.1 Å². The largest absolute Gasteiger partial charge is 0.352 e. The van der Waals surface area contributed by atoms with Crippen molar-refractivity contribution in [1.82, 2.24) is 5.32 Å². The molecule has 0 aromatic heterocycles.